The molecule has 0 N–H and O–H groups in total. The highest BCUT2D eigenvalue weighted by Crippen LogP contribution is 2.04. The zero-order valence-corrected chi connectivity index (χ0v) is 7.18. The highest BCUT2D eigenvalue weighted by atomic mass is 15.2. The summed E-state index contributed by atoms with van der Waals surface area (Å²) in [7, 11) is 4.21. The van der Waals surface area contributed by atoms with Gasteiger partial charge >= 0.3 is 0 Å². The van der Waals surface area contributed by atoms with E-state index in [0.29, 0.717) is 0 Å². The van der Waals surface area contributed by atoms with Gasteiger partial charge in [-0.3, -0.25) is 0 Å². The predicted molar refractivity (Wildman–Crippen MR) is 43.3 cm³/mol. The standard InChI is InChI=1S/C8H15N2/c1-7-5-8(2)10(4)6-9(7)3/h5H,6H2,1-4H3/q+1. The molecule has 0 aliphatic carbocycles. The second-order valence-electron chi connectivity index (χ2n) is 2.96. The minimum atomic E-state index is 1.01. The van der Waals surface area contributed by atoms with Crippen molar-refractivity contribution >= 4 is 5.71 Å². The van der Waals surface area contributed by atoms with Crippen molar-refractivity contribution in [3.05, 3.63) is 11.8 Å². The maximum atomic E-state index is 2.23. The molecule has 0 atom stereocenters. The lowest BCUT2D eigenvalue weighted by molar-refractivity contribution is -0.518. The summed E-state index contributed by atoms with van der Waals surface area (Å²) in [5.41, 5.74) is 2.69. The number of hydrogen-bond acceptors (Lipinski definition) is 1. The molecular formula is C8H15N2+. The maximum absolute atomic E-state index is 2.23. The van der Waals surface area contributed by atoms with Gasteiger partial charge in [-0.2, -0.15) is 0 Å². The fourth-order valence-corrected chi connectivity index (χ4v) is 1.06. The fraction of sp³-hybridized carbons (Fsp3) is 0.625. The molecule has 0 aromatic rings. The Bertz CT molecular complexity index is 201. The third-order valence-electron chi connectivity index (χ3n) is 2.05. The van der Waals surface area contributed by atoms with Crippen LogP contribution in [-0.4, -0.2) is 36.0 Å². The summed E-state index contributed by atoms with van der Waals surface area (Å²) in [6.07, 6.45) is 2.20. The number of rotatable bonds is 0. The Kier molecular flexibility index (Phi) is 1.79. The molecule has 10 heavy (non-hydrogen) atoms. The SMILES string of the molecule is CC1=CC(C)=[N+](C)CN1C. The van der Waals surface area contributed by atoms with Crippen LogP contribution in [0.5, 0.6) is 0 Å². The van der Waals surface area contributed by atoms with Crippen molar-refractivity contribution in [1.82, 2.24) is 4.90 Å². The summed E-state index contributed by atoms with van der Waals surface area (Å²) < 4.78 is 2.23. The van der Waals surface area contributed by atoms with Crippen molar-refractivity contribution in [1.29, 1.82) is 0 Å². The smallest absolute Gasteiger partial charge is 0.218 e. The highest BCUT2D eigenvalue weighted by Gasteiger charge is 2.13. The van der Waals surface area contributed by atoms with E-state index in [2.05, 4.69) is 43.5 Å². The molecule has 0 bridgehead atoms. The van der Waals surface area contributed by atoms with E-state index in [1.54, 1.807) is 0 Å². The molecule has 2 nitrogen and oxygen atoms in total. The van der Waals surface area contributed by atoms with Crippen LogP contribution in [0.25, 0.3) is 0 Å². The summed E-state index contributed by atoms with van der Waals surface area (Å²) >= 11 is 0. The lowest BCUT2D eigenvalue weighted by Gasteiger charge is -2.20. The van der Waals surface area contributed by atoms with Gasteiger partial charge in [0.2, 0.25) is 6.67 Å². The van der Waals surface area contributed by atoms with E-state index in [9.17, 15) is 0 Å². The first-order valence-corrected chi connectivity index (χ1v) is 3.55. The summed E-state index contributed by atoms with van der Waals surface area (Å²) in [4.78, 5) is 2.23. The van der Waals surface area contributed by atoms with Crippen LogP contribution in [0.3, 0.4) is 0 Å². The molecule has 0 spiro atoms. The zero-order valence-electron chi connectivity index (χ0n) is 7.18. The largest absolute Gasteiger partial charge is 0.324 e. The Labute approximate surface area is 62.5 Å². The Morgan fingerprint density at radius 2 is 2.10 bits per heavy atom. The van der Waals surface area contributed by atoms with E-state index in [1.807, 2.05) is 0 Å². The van der Waals surface area contributed by atoms with Crippen molar-refractivity contribution < 1.29 is 4.58 Å². The van der Waals surface area contributed by atoms with Gasteiger partial charge in [-0.1, -0.05) is 0 Å². The fourth-order valence-electron chi connectivity index (χ4n) is 1.06. The molecule has 0 fully saturated rings. The summed E-state index contributed by atoms with van der Waals surface area (Å²) in [5.74, 6) is 0. The zero-order chi connectivity index (χ0) is 7.72. The molecule has 0 amide bonds. The number of nitrogens with zero attached hydrogens (tertiary/aromatic N) is 2. The van der Waals surface area contributed by atoms with E-state index >= 15 is 0 Å². The maximum Gasteiger partial charge on any atom is 0.218 e. The van der Waals surface area contributed by atoms with Gasteiger partial charge in [0.05, 0.1) is 0 Å². The molecule has 2 heteroatoms. The molecule has 0 aromatic heterocycles. The van der Waals surface area contributed by atoms with Gasteiger partial charge in [0.25, 0.3) is 0 Å². The minimum absolute atomic E-state index is 1.01. The first kappa shape index (κ1) is 7.32. The Hall–Kier alpha value is -0.790. The molecule has 1 heterocycles. The van der Waals surface area contributed by atoms with Crippen LogP contribution in [0.15, 0.2) is 11.8 Å². The van der Waals surface area contributed by atoms with Crippen LogP contribution >= 0.6 is 0 Å². The van der Waals surface area contributed by atoms with Gasteiger partial charge < -0.3 is 4.90 Å². The van der Waals surface area contributed by atoms with Crippen LogP contribution in [0, 0.1) is 0 Å². The molecule has 0 saturated heterocycles. The molecule has 0 saturated carbocycles. The lowest BCUT2D eigenvalue weighted by Crippen LogP contribution is -2.32. The van der Waals surface area contributed by atoms with Crippen molar-refractivity contribution in [2.45, 2.75) is 13.8 Å². The Morgan fingerprint density at radius 1 is 1.50 bits per heavy atom. The molecule has 1 aliphatic heterocycles. The molecule has 56 valence electrons. The van der Waals surface area contributed by atoms with Crippen molar-refractivity contribution in [3.8, 4) is 0 Å². The first-order chi connectivity index (χ1) is 4.61. The van der Waals surface area contributed by atoms with Crippen molar-refractivity contribution in [2.24, 2.45) is 0 Å². The minimum Gasteiger partial charge on any atom is -0.324 e. The Morgan fingerprint density at radius 3 is 2.60 bits per heavy atom. The van der Waals surface area contributed by atoms with Crippen LogP contribution in [0.1, 0.15) is 13.8 Å². The average Bonchev–Trinajstić information content (AvgIpc) is 1.84. The second kappa shape index (κ2) is 2.45. The average molecular weight is 139 g/mol. The van der Waals surface area contributed by atoms with Gasteiger partial charge in [0.1, 0.15) is 7.05 Å². The topological polar surface area (TPSA) is 6.25 Å². The van der Waals surface area contributed by atoms with Crippen LogP contribution in [-0.2, 0) is 0 Å². The molecule has 1 rings (SSSR count). The Balaban J connectivity index is 2.88. The van der Waals surface area contributed by atoms with Crippen LogP contribution < -0.4 is 0 Å². The highest BCUT2D eigenvalue weighted by molar-refractivity contribution is 5.89. The summed E-state index contributed by atoms with van der Waals surface area (Å²) in [5, 5.41) is 0. The van der Waals surface area contributed by atoms with E-state index < -0.39 is 0 Å². The summed E-state index contributed by atoms with van der Waals surface area (Å²) in [6.45, 7) is 5.28. The molecule has 1 aliphatic rings. The van der Waals surface area contributed by atoms with Crippen LogP contribution in [0.4, 0.5) is 0 Å². The number of allylic oxidation sites excluding steroid dienone is 2. The van der Waals surface area contributed by atoms with E-state index in [4.69, 9.17) is 0 Å². The molecule has 0 radical (unpaired) electrons. The monoisotopic (exact) mass is 139 g/mol. The predicted octanol–water partition coefficient (Wildman–Crippen LogP) is 0.896. The van der Waals surface area contributed by atoms with Gasteiger partial charge in [-0.25, -0.2) is 4.58 Å². The van der Waals surface area contributed by atoms with Crippen molar-refractivity contribution in [2.75, 3.05) is 20.8 Å². The van der Waals surface area contributed by atoms with Gasteiger partial charge in [0, 0.05) is 25.7 Å². The van der Waals surface area contributed by atoms with Crippen molar-refractivity contribution in [3.63, 3.8) is 0 Å². The summed E-state index contributed by atoms with van der Waals surface area (Å²) in [6, 6.07) is 0. The van der Waals surface area contributed by atoms with Gasteiger partial charge in [-0.05, 0) is 6.92 Å². The van der Waals surface area contributed by atoms with E-state index in [1.165, 1.54) is 11.4 Å². The van der Waals surface area contributed by atoms with E-state index in [-0.39, 0.29) is 0 Å². The molecular weight excluding hydrogens is 124 g/mol. The first-order valence-electron chi connectivity index (χ1n) is 3.55. The normalized spacial score (nSPS) is 19.6. The lowest BCUT2D eigenvalue weighted by atomic mass is 10.3. The molecule has 0 unspecified atom stereocenters. The third kappa shape index (κ3) is 1.20. The quantitative estimate of drug-likeness (QED) is 0.452. The van der Waals surface area contributed by atoms with Gasteiger partial charge in [0.15, 0.2) is 5.71 Å². The van der Waals surface area contributed by atoms with Gasteiger partial charge in [-0.15, -0.1) is 0 Å². The van der Waals surface area contributed by atoms with E-state index in [0.717, 1.165) is 6.67 Å². The van der Waals surface area contributed by atoms with Crippen LogP contribution in [0.2, 0.25) is 0 Å². The third-order valence-corrected chi connectivity index (χ3v) is 2.05. The molecule has 0 aromatic carbocycles. The second-order valence-corrected chi connectivity index (χ2v) is 2.96. The number of hydrogen-bond donors (Lipinski definition) is 0.